The second-order valence-corrected chi connectivity index (χ2v) is 5.00. The number of ether oxygens (including phenoxy) is 2. The molecule has 6 nitrogen and oxygen atoms in total. The molecule has 0 aliphatic carbocycles. The first kappa shape index (κ1) is 17.5. The number of methoxy groups -OCH3 is 1. The lowest BCUT2D eigenvalue weighted by Gasteiger charge is -2.28. The van der Waals surface area contributed by atoms with Gasteiger partial charge in [-0.05, 0) is 32.9 Å². The molecule has 22 heavy (non-hydrogen) atoms. The molecule has 0 heterocycles. The van der Waals surface area contributed by atoms with Gasteiger partial charge in [-0.1, -0.05) is 12.1 Å². The van der Waals surface area contributed by atoms with Crippen LogP contribution >= 0.6 is 0 Å². The van der Waals surface area contributed by atoms with Crippen molar-refractivity contribution in [1.29, 1.82) is 5.26 Å². The van der Waals surface area contributed by atoms with E-state index in [0.29, 0.717) is 11.3 Å². The van der Waals surface area contributed by atoms with Crippen LogP contribution in [0.4, 0.5) is 0 Å². The molecule has 1 atom stereocenters. The van der Waals surface area contributed by atoms with Gasteiger partial charge in [0.1, 0.15) is 18.4 Å². The maximum absolute atomic E-state index is 12.5. The average molecular weight is 304 g/mol. The van der Waals surface area contributed by atoms with E-state index < -0.39 is 12.1 Å². The van der Waals surface area contributed by atoms with Crippen LogP contribution in [-0.2, 0) is 14.3 Å². The Labute approximate surface area is 130 Å². The van der Waals surface area contributed by atoms with Crippen LogP contribution in [0.5, 0.6) is 5.75 Å². The quantitative estimate of drug-likeness (QED) is 0.748. The summed E-state index contributed by atoms with van der Waals surface area (Å²) in [6.45, 7) is 5.05. The lowest BCUT2D eigenvalue weighted by Crippen LogP contribution is -2.47. The van der Waals surface area contributed by atoms with Crippen LogP contribution in [-0.4, -0.2) is 42.6 Å². The number of carbonyl (C=O) groups excluding carboxylic acids is 2. The zero-order chi connectivity index (χ0) is 16.7. The van der Waals surface area contributed by atoms with Crippen LogP contribution in [0, 0.1) is 11.3 Å². The second kappa shape index (κ2) is 8.03. The number of nitrogens with zero attached hydrogens (tertiary/aromatic N) is 2. The van der Waals surface area contributed by atoms with Crippen molar-refractivity contribution in [1.82, 2.24) is 4.90 Å². The van der Waals surface area contributed by atoms with E-state index in [9.17, 15) is 9.59 Å². The van der Waals surface area contributed by atoms with Crippen molar-refractivity contribution in [3.05, 3.63) is 29.8 Å². The zero-order valence-electron chi connectivity index (χ0n) is 13.2. The Bertz CT molecular complexity index is 578. The van der Waals surface area contributed by atoms with Gasteiger partial charge in [0.15, 0.2) is 6.10 Å². The van der Waals surface area contributed by atoms with E-state index in [4.69, 9.17) is 10.00 Å². The molecule has 0 N–H and O–H groups in total. The Kier molecular flexibility index (Phi) is 6.39. The summed E-state index contributed by atoms with van der Waals surface area (Å²) in [5.74, 6) is -0.493. The van der Waals surface area contributed by atoms with Crippen molar-refractivity contribution >= 4 is 11.9 Å². The van der Waals surface area contributed by atoms with Crippen molar-refractivity contribution in [3.8, 4) is 11.8 Å². The molecule has 0 radical (unpaired) electrons. The number of hydrogen-bond donors (Lipinski definition) is 0. The van der Waals surface area contributed by atoms with Crippen LogP contribution in [0.1, 0.15) is 26.3 Å². The lowest BCUT2D eigenvalue weighted by molar-refractivity contribution is -0.150. The first-order valence-corrected chi connectivity index (χ1v) is 6.93. The lowest BCUT2D eigenvalue weighted by atomic mass is 10.2. The molecule has 0 bridgehead atoms. The number of benzene rings is 1. The topological polar surface area (TPSA) is 79.6 Å². The monoisotopic (exact) mass is 304 g/mol. The molecule has 1 aromatic carbocycles. The molecular formula is C16H20N2O4. The molecule has 6 heteroatoms. The van der Waals surface area contributed by atoms with Gasteiger partial charge in [0.25, 0.3) is 5.91 Å². The largest absolute Gasteiger partial charge is 0.480 e. The maximum Gasteiger partial charge on any atom is 0.325 e. The summed E-state index contributed by atoms with van der Waals surface area (Å²) in [5, 5.41) is 9.03. The number of nitriles is 1. The molecular weight excluding hydrogens is 284 g/mol. The van der Waals surface area contributed by atoms with Gasteiger partial charge in [-0.25, -0.2) is 0 Å². The van der Waals surface area contributed by atoms with Crippen LogP contribution in [0.15, 0.2) is 24.3 Å². The van der Waals surface area contributed by atoms with Gasteiger partial charge in [-0.3, -0.25) is 9.59 Å². The first-order chi connectivity index (χ1) is 10.4. The highest BCUT2D eigenvalue weighted by molar-refractivity contribution is 5.85. The predicted octanol–water partition coefficient (Wildman–Crippen LogP) is 1.74. The number of rotatable bonds is 6. The van der Waals surface area contributed by atoms with Gasteiger partial charge < -0.3 is 14.4 Å². The molecule has 1 rings (SSSR count). The summed E-state index contributed by atoms with van der Waals surface area (Å²) in [6.07, 6.45) is -0.818. The van der Waals surface area contributed by atoms with E-state index >= 15 is 0 Å². The number of amides is 1. The van der Waals surface area contributed by atoms with Crippen molar-refractivity contribution < 1.29 is 19.1 Å². The van der Waals surface area contributed by atoms with E-state index in [1.165, 1.54) is 12.0 Å². The average Bonchev–Trinajstić information content (AvgIpc) is 2.51. The summed E-state index contributed by atoms with van der Waals surface area (Å²) in [6, 6.07) is 8.51. The van der Waals surface area contributed by atoms with E-state index in [0.717, 1.165) is 0 Å². The molecule has 0 spiro atoms. The summed E-state index contributed by atoms with van der Waals surface area (Å²) in [5.41, 5.74) is 0.353. The first-order valence-electron chi connectivity index (χ1n) is 6.93. The van der Waals surface area contributed by atoms with Gasteiger partial charge in [0.2, 0.25) is 0 Å². The van der Waals surface area contributed by atoms with E-state index in [-0.39, 0.29) is 18.5 Å². The molecule has 0 aliphatic rings. The third-order valence-electron chi connectivity index (χ3n) is 3.09. The fraction of sp³-hybridized carbons (Fsp3) is 0.438. The third-order valence-corrected chi connectivity index (χ3v) is 3.09. The molecule has 0 fully saturated rings. The summed E-state index contributed by atoms with van der Waals surface area (Å²) < 4.78 is 10.2. The zero-order valence-corrected chi connectivity index (χ0v) is 13.2. The van der Waals surface area contributed by atoms with E-state index in [2.05, 4.69) is 4.74 Å². The third kappa shape index (κ3) is 4.48. The van der Waals surface area contributed by atoms with E-state index in [1.807, 2.05) is 6.07 Å². The molecule has 0 saturated heterocycles. The summed E-state index contributed by atoms with van der Waals surface area (Å²) in [4.78, 5) is 25.2. The molecule has 1 unspecified atom stereocenters. The fourth-order valence-electron chi connectivity index (χ4n) is 1.85. The van der Waals surface area contributed by atoms with E-state index in [1.54, 1.807) is 45.0 Å². The second-order valence-electron chi connectivity index (χ2n) is 5.00. The van der Waals surface area contributed by atoms with Gasteiger partial charge in [-0.2, -0.15) is 5.26 Å². The smallest absolute Gasteiger partial charge is 0.325 e. The Hall–Kier alpha value is -2.55. The number of para-hydroxylation sites is 1. The van der Waals surface area contributed by atoms with Crippen molar-refractivity contribution in [2.75, 3.05) is 13.7 Å². The van der Waals surface area contributed by atoms with Crippen molar-refractivity contribution in [2.24, 2.45) is 0 Å². The van der Waals surface area contributed by atoms with Crippen LogP contribution < -0.4 is 4.74 Å². The Morgan fingerprint density at radius 1 is 1.27 bits per heavy atom. The normalized spacial score (nSPS) is 11.5. The van der Waals surface area contributed by atoms with Gasteiger partial charge in [0.05, 0.1) is 12.7 Å². The Morgan fingerprint density at radius 3 is 2.45 bits per heavy atom. The fourth-order valence-corrected chi connectivity index (χ4v) is 1.85. The molecule has 1 aromatic rings. The van der Waals surface area contributed by atoms with Crippen molar-refractivity contribution in [3.63, 3.8) is 0 Å². The molecule has 0 saturated carbocycles. The number of carbonyl (C=O) groups is 2. The van der Waals surface area contributed by atoms with Gasteiger partial charge >= 0.3 is 5.97 Å². The number of hydrogen-bond acceptors (Lipinski definition) is 5. The maximum atomic E-state index is 12.5. The molecule has 0 aromatic heterocycles. The van der Waals surface area contributed by atoms with Crippen molar-refractivity contribution in [2.45, 2.75) is 32.9 Å². The standard InChI is InChI=1S/C16H20N2O4/c1-11(2)18(10-15(19)21-4)16(20)12(3)22-14-8-6-5-7-13(14)9-17/h5-8,11-12H,10H2,1-4H3. The van der Waals surface area contributed by atoms with Gasteiger partial charge in [0, 0.05) is 6.04 Å². The molecule has 0 aliphatic heterocycles. The minimum Gasteiger partial charge on any atom is -0.480 e. The van der Waals surface area contributed by atoms with Crippen LogP contribution in [0.2, 0.25) is 0 Å². The number of esters is 1. The SMILES string of the molecule is COC(=O)CN(C(=O)C(C)Oc1ccccc1C#N)C(C)C. The molecule has 118 valence electrons. The molecule has 1 amide bonds. The Balaban J connectivity index is 2.86. The minimum absolute atomic E-state index is 0.138. The Morgan fingerprint density at radius 2 is 1.91 bits per heavy atom. The van der Waals surface area contributed by atoms with Gasteiger partial charge in [-0.15, -0.1) is 0 Å². The highest BCUT2D eigenvalue weighted by Gasteiger charge is 2.27. The van der Waals surface area contributed by atoms with Crippen LogP contribution in [0.3, 0.4) is 0 Å². The highest BCUT2D eigenvalue weighted by atomic mass is 16.5. The summed E-state index contributed by atoms with van der Waals surface area (Å²) >= 11 is 0. The highest BCUT2D eigenvalue weighted by Crippen LogP contribution is 2.19. The van der Waals surface area contributed by atoms with Crippen LogP contribution in [0.25, 0.3) is 0 Å². The predicted molar refractivity (Wildman–Crippen MR) is 80.1 cm³/mol. The summed E-state index contributed by atoms with van der Waals surface area (Å²) in [7, 11) is 1.27. The minimum atomic E-state index is -0.818.